The average molecular weight is 280 g/mol. The van der Waals surface area contributed by atoms with Crippen LogP contribution in [0.4, 0.5) is 0 Å². The van der Waals surface area contributed by atoms with Gasteiger partial charge in [-0.2, -0.15) is 0 Å². The first-order valence-electron chi connectivity index (χ1n) is 8.51. The largest absolute Gasteiger partial charge is 0.469 e. The van der Waals surface area contributed by atoms with Crippen molar-refractivity contribution in [2.75, 3.05) is 7.11 Å². The van der Waals surface area contributed by atoms with Gasteiger partial charge in [0, 0.05) is 6.42 Å². The second-order valence-electron chi connectivity index (χ2n) is 6.11. The Kier molecular flexibility index (Phi) is 9.44. The summed E-state index contributed by atoms with van der Waals surface area (Å²) in [6.07, 6.45) is 18.3. The van der Waals surface area contributed by atoms with E-state index in [-0.39, 0.29) is 5.97 Å². The summed E-state index contributed by atoms with van der Waals surface area (Å²) in [6, 6.07) is 0. The maximum absolute atomic E-state index is 10.9. The van der Waals surface area contributed by atoms with Crippen molar-refractivity contribution in [3.05, 3.63) is 12.2 Å². The lowest BCUT2D eigenvalue weighted by atomic mass is 10.1. The number of unbranched alkanes of at least 4 members (excludes halogenated alkanes) is 6. The van der Waals surface area contributed by atoms with E-state index in [0.29, 0.717) is 6.42 Å². The SMILES string of the molecule is CCCCCC[C@H]1C[C@H]1/C=C/CCCCCC(=O)OC. The smallest absolute Gasteiger partial charge is 0.305 e. The summed E-state index contributed by atoms with van der Waals surface area (Å²) in [5, 5.41) is 0. The molecule has 1 saturated carbocycles. The van der Waals surface area contributed by atoms with Crippen molar-refractivity contribution in [1.29, 1.82) is 0 Å². The van der Waals surface area contributed by atoms with Crippen LogP contribution < -0.4 is 0 Å². The van der Waals surface area contributed by atoms with Gasteiger partial charge in [0.05, 0.1) is 7.11 Å². The van der Waals surface area contributed by atoms with Crippen molar-refractivity contribution in [3.63, 3.8) is 0 Å². The van der Waals surface area contributed by atoms with E-state index in [4.69, 9.17) is 0 Å². The molecular formula is C18H32O2. The first-order chi connectivity index (χ1) is 9.77. The Bertz CT molecular complexity index is 283. The molecule has 2 heteroatoms. The molecule has 0 heterocycles. The molecule has 0 amide bonds. The van der Waals surface area contributed by atoms with Gasteiger partial charge in [0.1, 0.15) is 0 Å². The lowest BCUT2D eigenvalue weighted by molar-refractivity contribution is -0.140. The molecule has 20 heavy (non-hydrogen) atoms. The zero-order chi connectivity index (χ0) is 14.6. The predicted octanol–water partition coefficient (Wildman–Crippen LogP) is 5.27. The lowest BCUT2D eigenvalue weighted by Crippen LogP contribution is -1.98. The zero-order valence-corrected chi connectivity index (χ0v) is 13.4. The number of ether oxygens (including phenoxy) is 1. The maximum Gasteiger partial charge on any atom is 0.305 e. The fraction of sp³-hybridized carbons (Fsp3) is 0.833. The summed E-state index contributed by atoms with van der Waals surface area (Å²) >= 11 is 0. The van der Waals surface area contributed by atoms with Gasteiger partial charge < -0.3 is 4.74 Å². The summed E-state index contributed by atoms with van der Waals surface area (Å²) in [7, 11) is 1.46. The molecule has 0 aromatic carbocycles. The molecule has 2 atom stereocenters. The maximum atomic E-state index is 10.9. The molecule has 0 unspecified atom stereocenters. The number of hydrogen-bond acceptors (Lipinski definition) is 2. The van der Waals surface area contributed by atoms with Crippen LogP contribution in [0.5, 0.6) is 0 Å². The van der Waals surface area contributed by atoms with Gasteiger partial charge in [-0.05, 0) is 43.9 Å². The third-order valence-electron chi connectivity index (χ3n) is 4.27. The molecule has 116 valence electrons. The van der Waals surface area contributed by atoms with Crippen LogP contribution in [0.2, 0.25) is 0 Å². The van der Waals surface area contributed by atoms with Crippen molar-refractivity contribution in [1.82, 2.24) is 0 Å². The molecule has 0 saturated heterocycles. The van der Waals surface area contributed by atoms with Gasteiger partial charge in [-0.25, -0.2) is 0 Å². The van der Waals surface area contributed by atoms with Crippen molar-refractivity contribution < 1.29 is 9.53 Å². The summed E-state index contributed by atoms with van der Waals surface area (Å²) < 4.78 is 4.62. The highest BCUT2D eigenvalue weighted by molar-refractivity contribution is 5.68. The molecule has 0 N–H and O–H groups in total. The third kappa shape index (κ3) is 8.39. The average Bonchev–Trinajstić information content (AvgIpc) is 3.20. The van der Waals surface area contributed by atoms with E-state index in [1.54, 1.807) is 0 Å². The lowest BCUT2D eigenvalue weighted by Gasteiger charge is -1.99. The third-order valence-corrected chi connectivity index (χ3v) is 4.27. The molecule has 2 nitrogen and oxygen atoms in total. The van der Waals surface area contributed by atoms with Crippen molar-refractivity contribution in [2.24, 2.45) is 11.8 Å². The second kappa shape index (κ2) is 10.9. The summed E-state index contributed by atoms with van der Waals surface area (Å²) in [5.74, 6) is 1.79. The monoisotopic (exact) mass is 280 g/mol. The van der Waals surface area contributed by atoms with E-state index < -0.39 is 0 Å². The molecule has 0 bridgehead atoms. The first kappa shape index (κ1) is 17.3. The highest BCUT2D eigenvalue weighted by Crippen LogP contribution is 2.43. The van der Waals surface area contributed by atoms with Crippen LogP contribution in [-0.4, -0.2) is 13.1 Å². The number of methoxy groups -OCH3 is 1. The minimum absolute atomic E-state index is 0.0792. The number of allylic oxidation sites excluding steroid dienone is 2. The molecule has 1 aliphatic rings. The summed E-state index contributed by atoms with van der Waals surface area (Å²) in [4.78, 5) is 10.9. The Morgan fingerprint density at radius 2 is 1.95 bits per heavy atom. The van der Waals surface area contributed by atoms with Crippen LogP contribution in [0.15, 0.2) is 12.2 Å². The Morgan fingerprint density at radius 1 is 1.15 bits per heavy atom. The predicted molar refractivity (Wildman–Crippen MR) is 84.6 cm³/mol. The Balaban J connectivity index is 1.87. The molecule has 0 spiro atoms. The van der Waals surface area contributed by atoms with Crippen LogP contribution in [0.25, 0.3) is 0 Å². The van der Waals surface area contributed by atoms with E-state index in [2.05, 4.69) is 23.8 Å². The number of esters is 1. The normalized spacial score (nSPS) is 21.3. The number of rotatable bonds is 12. The zero-order valence-electron chi connectivity index (χ0n) is 13.4. The topological polar surface area (TPSA) is 26.3 Å². The molecule has 0 radical (unpaired) electrons. The van der Waals surface area contributed by atoms with E-state index in [9.17, 15) is 4.79 Å². The first-order valence-corrected chi connectivity index (χ1v) is 8.51. The molecular weight excluding hydrogens is 248 g/mol. The van der Waals surface area contributed by atoms with Crippen LogP contribution in [0.1, 0.15) is 77.6 Å². The van der Waals surface area contributed by atoms with Gasteiger partial charge in [0.25, 0.3) is 0 Å². The van der Waals surface area contributed by atoms with Crippen molar-refractivity contribution >= 4 is 5.97 Å². The van der Waals surface area contributed by atoms with Crippen LogP contribution >= 0.6 is 0 Å². The van der Waals surface area contributed by atoms with Gasteiger partial charge in [-0.1, -0.05) is 51.2 Å². The molecule has 0 aliphatic heterocycles. The van der Waals surface area contributed by atoms with E-state index in [1.807, 2.05) is 0 Å². The fourth-order valence-electron chi connectivity index (χ4n) is 2.75. The minimum Gasteiger partial charge on any atom is -0.469 e. The Hall–Kier alpha value is -0.790. The van der Waals surface area contributed by atoms with Gasteiger partial charge in [0.2, 0.25) is 0 Å². The molecule has 0 aromatic rings. The highest BCUT2D eigenvalue weighted by Gasteiger charge is 2.33. The van der Waals surface area contributed by atoms with Crippen LogP contribution in [-0.2, 0) is 9.53 Å². The molecule has 1 aliphatic carbocycles. The Morgan fingerprint density at radius 3 is 2.70 bits per heavy atom. The van der Waals surface area contributed by atoms with E-state index in [0.717, 1.165) is 24.7 Å². The van der Waals surface area contributed by atoms with Gasteiger partial charge in [0.15, 0.2) is 0 Å². The van der Waals surface area contributed by atoms with E-state index in [1.165, 1.54) is 58.5 Å². The number of carbonyl (C=O) groups excluding carboxylic acids is 1. The second-order valence-corrected chi connectivity index (χ2v) is 6.11. The summed E-state index contributed by atoms with van der Waals surface area (Å²) in [6.45, 7) is 2.27. The van der Waals surface area contributed by atoms with Crippen LogP contribution in [0, 0.1) is 11.8 Å². The van der Waals surface area contributed by atoms with Gasteiger partial charge >= 0.3 is 5.97 Å². The number of hydrogen-bond donors (Lipinski definition) is 0. The van der Waals surface area contributed by atoms with Crippen LogP contribution in [0.3, 0.4) is 0 Å². The van der Waals surface area contributed by atoms with Gasteiger partial charge in [-0.3, -0.25) is 4.79 Å². The Labute approximate surface area is 125 Å². The molecule has 1 fully saturated rings. The highest BCUT2D eigenvalue weighted by atomic mass is 16.5. The van der Waals surface area contributed by atoms with E-state index >= 15 is 0 Å². The molecule has 1 rings (SSSR count). The van der Waals surface area contributed by atoms with Gasteiger partial charge in [-0.15, -0.1) is 0 Å². The number of carbonyl (C=O) groups is 1. The quantitative estimate of drug-likeness (QED) is 0.276. The molecule has 0 aromatic heterocycles. The van der Waals surface area contributed by atoms with Crippen molar-refractivity contribution in [3.8, 4) is 0 Å². The fourth-order valence-corrected chi connectivity index (χ4v) is 2.75. The standard InChI is InChI=1S/C18H32O2/c1-3-4-5-9-12-16-15-17(16)13-10-7-6-8-11-14-18(19)20-2/h10,13,16-17H,3-9,11-12,14-15H2,1-2H3/b13-10+/t16-,17+/m0/s1. The minimum atomic E-state index is -0.0792. The summed E-state index contributed by atoms with van der Waals surface area (Å²) in [5.41, 5.74) is 0. The van der Waals surface area contributed by atoms with Crippen molar-refractivity contribution in [2.45, 2.75) is 77.6 Å².